The van der Waals surface area contributed by atoms with Crippen molar-refractivity contribution in [1.29, 1.82) is 0 Å². The molecule has 2 aromatic rings. The molecule has 9 heteroatoms. The van der Waals surface area contributed by atoms with Crippen molar-refractivity contribution in [1.82, 2.24) is 10.2 Å². The van der Waals surface area contributed by atoms with Crippen molar-refractivity contribution < 1.29 is 23.9 Å². The molecule has 4 rings (SSSR count). The number of hydrogen-bond acceptors (Lipinski definition) is 6. The van der Waals surface area contributed by atoms with E-state index in [1.807, 2.05) is 42.5 Å². The number of nitrogens with zero attached hydrogens (tertiary/aromatic N) is 1. The van der Waals surface area contributed by atoms with Crippen LogP contribution in [0.2, 0.25) is 0 Å². The maximum Gasteiger partial charge on any atom is 0.326 e. The summed E-state index contributed by atoms with van der Waals surface area (Å²) in [5, 5.41) is 5.49. The third kappa shape index (κ3) is 5.36. The summed E-state index contributed by atoms with van der Waals surface area (Å²) in [7, 11) is 0. The summed E-state index contributed by atoms with van der Waals surface area (Å²) in [5.41, 5.74) is -0.298. The highest BCUT2D eigenvalue weighted by atomic mass is 32.2. The minimum absolute atomic E-state index is 0.388. The first-order valence-electron chi connectivity index (χ1n) is 10.9. The van der Waals surface area contributed by atoms with E-state index in [1.54, 1.807) is 12.1 Å². The molecule has 33 heavy (non-hydrogen) atoms. The van der Waals surface area contributed by atoms with Crippen LogP contribution in [0.25, 0.3) is 0 Å². The number of hydrogen-bond donors (Lipinski definition) is 2. The molecule has 1 saturated heterocycles. The molecule has 1 heterocycles. The Labute approximate surface area is 196 Å². The number of esters is 1. The van der Waals surface area contributed by atoms with Gasteiger partial charge in [-0.25, -0.2) is 4.79 Å². The lowest BCUT2D eigenvalue weighted by Crippen LogP contribution is -2.48. The molecule has 1 spiro atoms. The van der Waals surface area contributed by atoms with Gasteiger partial charge in [0.15, 0.2) is 6.61 Å². The molecule has 2 fully saturated rings. The van der Waals surface area contributed by atoms with Gasteiger partial charge in [0, 0.05) is 9.79 Å². The number of imide groups is 1. The molecule has 2 aromatic carbocycles. The summed E-state index contributed by atoms with van der Waals surface area (Å²) < 4.78 is 5.04. The van der Waals surface area contributed by atoms with Crippen molar-refractivity contribution in [3.8, 4) is 0 Å². The number of anilines is 1. The topological polar surface area (TPSA) is 105 Å². The van der Waals surface area contributed by atoms with Crippen molar-refractivity contribution in [2.75, 3.05) is 18.5 Å². The first-order chi connectivity index (χ1) is 16.0. The van der Waals surface area contributed by atoms with Gasteiger partial charge in [0.05, 0.1) is 5.69 Å². The van der Waals surface area contributed by atoms with E-state index in [0.29, 0.717) is 18.5 Å². The molecule has 0 unspecified atom stereocenters. The molecule has 4 amide bonds. The van der Waals surface area contributed by atoms with Gasteiger partial charge in [-0.2, -0.15) is 0 Å². The number of carbonyl (C=O) groups excluding carboxylic acids is 4. The van der Waals surface area contributed by atoms with E-state index in [4.69, 9.17) is 4.74 Å². The fourth-order valence-corrected chi connectivity index (χ4v) is 5.02. The van der Waals surface area contributed by atoms with E-state index in [2.05, 4.69) is 10.6 Å². The van der Waals surface area contributed by atoms with Crippen LogP contribution in [0, 0.1) is 0 Å². The van der Waals surface area contributed by atoms with Crippen LogP contribution in [0.1, 0.15) is 32.1 Å². The molecular formula is C24H25N3O5S. The Morgan fingerprint density at radius 2 is 1.70 bits per heavy atom. The summed E-state index contributed by atoms with van der Waals surface area (Å²) in [4.78, 5) is 52.4. The Morgan fingerprint density at radius 3 is 2.45 bits per heavy atom. The number of amides is 4. The Hall–Kier alpha value is -3.33. The maximum atomic E-state index is 12.7. The van der Waals surface area contributed by atoms with Gasteiger partial charge in [0.2, 0.25) is 0 Å². The van der Waals surface area contributed by atoms with Crippen LogP contribution in [0.4, 0.5) is 10.5 Å². The van der Waals surface area contributed by atoms with Crippen LogP contribution in [0.5, 0.6) is 0 Å². The Kier molecular flexibility index (Phi) is 6.98. The van der Waals surface area contributed by atoms with E-state index in [9.17, 15) is 19.2 Å². The van der Waals surface area contributed by atoms with Crippen LogP contribution in [-0.4, -0.2) is 47.4 Å². The first kappa shape index (κ1) is 22.8. The Morgan fingerprint density at radius 1 is 1.00 bits per heavy atom. The average Bonchev–Trinajstić information content (AvgIpc) is 3.04. The van der Waals surface area contributed by atoms with E-state index < -0.39 is 36.6 Å². The predicted octanol–water partition coefficient (Wildman–Crippen LogP) is 3.57. The van der Waals surface area contributed by atoms with Gasteiger partial charge in [-0.3, -0.25) is 19.3 Å². The van der Waals surface area contributed by atoms with Gasteiger partial charge in [-0.15, -0.1) is 0 Å². The van der Waals surface area contributed by atoms with Gasteiger partial charge in [-0.05, 0) is 37.1 Å². The summed E-state index contributed by atoms with van der Waals surface area (Å²) in [6.07, 6.45) is 3.88. The predicted molar refractivity (Wildman–Crippen MR) is 123 cm³/mol. The minimum atomic E-state index is -0.896. The third-order valence-corrected chi connectivity index (χ3v) is 6.82. The number of benzene rings is 2. The van der Waals surface area contributed by atoms with Gasteiger partial charge in [0.25, 0.3) is 11.8 Å². The smallest absolute Gasteiger partial charge is 0.326 e. The van der Waals surface area contributed by atoms with Crippen molar-refractivity contribution in [3.05, 3.63) is 54.6 Å². The fraction of sp³-hybridized carbons (Fsp3) is 0.333. The SMILES string of the molecule is O=C(COC(=O)CN1C(=O)NC2(CCCCC2)C1=O)Nc1ccccc1Sc1ccccc1. The fourth-order valence-electron chi connectivity index (χ4n) is 4.10. The lowest BCUT2D eigenvalue weighted by molar-refractivity contribution is -0.150. The molecule has 8 nitrogen and oxygen atoms in total. The zero-order valence-electron chi connectivity index (χ0n) is 18.0. The highest BCUT2D eigenvalue weighted by Crippen LogP contribution is 2.34. The van der Waals surface area contributed by atoms with Crippen LogP contribution >= 0.6 is 11.8 Å². The molecular weight excluding hydrogens is 442 g/mol. The van der Waals surface area contributed by atoms with E-state index in [0.717, 1.165) is 34.0 Å². The third-order valence-electron chi connectivity index (χ3n) is 5.74. The van der Waals surface area contributed by atoms with Gasteiger partial charge in [0.1, 0.15) is 12.1 Å². The number of ether oxygens (including phenoxy) is 1. The largest absolute Gasteiger partial charge is 0.454 e. The van der Waals surface area contributed by atoms with Gasteiger partial charge < -0.3 is 15.4 Å². The second kappa shape index (κ2) is 10.1. The number of para-hydroxylation sites is 1. The standard InChI is InChI=1S/C24H25N3O5S/c28-20(25-18-11-5-6-12-19(18)33-17-9-3-1-4-10-17)16-32-21(29)15-27-22(30)24(26-23(27)31)13-7-2-8-14-24/h1,3-6,9-12H,2,7-8,13-16H2,(H,25,28)(H,26,31). The van der Waals surface area contributed by atoms with Crippen LogP contribution < -0.4 is 10.6 Å². The molecule has 0 bridgehead atoms. The summed E-state index contributed by atoms with van der Waals surface area (Å²) in [6.45, 7) is -1.03. The number of nitrogens with one attached hydrogen (secondary N) is 2. The zero-order chi connectivity index (χ0) is 23.3. The number of rotatable bonds is 7. The molecule has 0 radical (unpaired) electrons. The Bertz CT molecular complexity index is 1050. The lowest BCUT2D eigenvalue weighted by atomic mass is 9.82. The van der Waals surface area contributed by atoms with Crippen molar-refractivity contribution in [3.63, 3.8) is 0 Å². The average molecular weight is 468 g/mol. The van der Waals surface area contributed by atoms with Gasteiger partial charge >= 0.3 is 12.0 Å². The second-order valence-electron chi connectivity index (χ2n) is 8.08. The molecule has 1 aliphatic carbocycles. The normalized spacial score (nSPS) is 17.0. The van der Waals surface area contributed by atoms with Crippen LogP contribution in [-0.2, 0) is 19.1 Å². The Balaban J connectivity index is 1.29. The van der Waals surface area contributed by atoms with Crippen LogP contribution in [0.15, 0.2) is 64.4 Å². The zero-order valence-corrected chi connectivity index (χ0v) is 18.9. The van der Waals surface area contributed by atoms with Crippen LogP contribution in [0.3, 0.4) is 0 Å². The number of urea groups is 1. The van der Waals surface area contributed by atoms with Crippen molar-refractivity contribution >= 4 is 41.3 Å². The summed E-state index contributed by atoms with van der Waals surface area (Å²) in [5.74, 6) is -1.71. The summed E-state index contributed by atoms with van der Waals surface area (Å²) in [6, 6.07) is 16.5. The quantitative estimate of drug-likeness (QED) is 0.476. The summed E-state index contributed by atoms with van der Waals surface area (Å²) >= 11 is 1.50. The molecule has 1 aliphatic heterocycles. The van der Waals surface area contributed by atoms with E-state index in [-0.39, 0.29) is 5.91 Å². The highest BCUT2D eigenvalue weighted by Gasteiger charge is 2.51. The molecule has 0 atom stereocenters. The molecule has 1 saturated carbocycles. The maximum absolute atomic E-state index is 12.7. The van der Waals surface area contributed by atoms with Crippen molar-refractivity contribution in [2.45, 2.75) is 47.4 Å². The molecule has 172 valence electrons. The number of carbonyl (C=O) groups is 4. The molecule has 2 aliphatic rings. The van der Waals surface area contributed by atoms with Crippen molar-refractivity contribution in [2.24, 2.45) is 0 Å². The lowest BCUT2D eigenvalue weighted by Gasteiger charge is -2.30. The second-order valence-corrected chi connectivity index (χ2v) is 9.20. The van der Waals surface area contributed by atoms with E-state index >= 15 is 0 Å². The molecule has 2 N–H and O–H groups in total. The highest BCUT2D eigenvalue weighted by molar-refractivity contribution is 7.99. The molecule has 0 aromatic heterocycles. The van der Waals surface area contributed by atoms with Gasteiger partial charge in [-0.1, -0.05) is 61.4 Å². The minimum Gasteiger partial charge on any atom is -0.454 e. The monoisotopic (exact) mass is 467 g/mol. The van der Waals surface area contributed by atoms with E-state index in [1.165, 1.54) is 11.8 Å². The first-order valence-corrected chi connectivity index (χ1v) is 11.7.